The minimum Gasteiger partial charge on any atom is -0.315 e. The van der Waals surface area contributed by atoms with Gasteiger partial charge in [0.15, 0.2) is 0 Å². The van der Waals surface area contributed by atoms with E-state index in [9.17, 15) is 0 Å². The Labute approximate surface area is 62.6 Å². The van der Waals surface area contributed by atoms with Gasteiger partial charge in [0.1, 0.15) is 0 Å². The summed E-state index contributed by atoms with van der Waals surface area (Å²) in [4.78, 5) is 2.51. The molecule has 2 unspecified atom stereocenters. The highest BCUT2D eigenvalue weighted by Gasteiger charge is 2.32. The van der Waals surface area contributed by atoms with Gasteiger partial charge in [-0.25, -0.2) is 0 Å². The summed E-state index contributed by atoms with van der Waals surface area (Å²) in [6.45, 7) is 3.79. The predicted molar refractivity (Wildman–Crippen MR) is 42.0 cm³/mol. The average molecular weight is 140 g/mol. The van der Waals surface area contributed by atoms with E-state index < -0.39 is 0 Å². The van der Waals surface area contributed by atoms with E-state index in [1.165, 1.54) is 32.5 Å². The number of nitrogens with zero attached hydrogens (tertiary/aromatic N) is 1. The molecule has 2 heterocycles. The number of nitrogens with one attached hydrogen (secondary N) is 1. The standard InChI is InChI=1S/C8H16N2/c1-10-4-2-3-7-5-9-6-8(7)10/h7-9H,2-6H2,1H3. The quantitative estimate of drug-likeness (QED) is 0.520. The molecule has 2 saturated heterocycles. The zero-order chi connectivity index (χ0) is 6.97. The van der Waals surface area contributed by atoms with Gasteiger partial charge in [0.25, 0.3) is 0 Å². The van der Waals surface area contributed by atoms with Gasteiger partial charge < -0.3 is 10.2 Å². The van der Waals surface area contributed by atoms with Gasteiger partial charge in [-0.2, -0.15) is 0 Å². The molecular formula is C8H16N2. The predicted octanol–water partition coefficient (Wildman–Crippen LogP) is 0.300. The van der Waals surface area contributed by atoms with Crippen LogP contribution in [0.15, 0.2) is 0 Å². The first-order chi connectivity index (χ1) is 4.88. The summed E-state index contributed by atoms with van der Waals surface area (Å²) in [5.41, 5.74) is 0. The van der Waals surface area contributed by atoms with Crippen LogP contribution < -0.4 is 5.32 Å². The van der Waals surface area contributed by atoms with E-state index in [4.69, 9.17) is 0 Å². The van der Waals surface area contributed by atoms with Crippen LogP contribution in [0, 0.1) is 5.92 Å². The van der Waals surface area contributed by atoms with Crippen molar-refractivity contribution in [2.75, 3.05) is 26.7 Å². The third-order valence-corrected chi connectivity index (χ3v) is 2.96. The van der Waals surface area contributed by atoms with Gasteiger partial charge in [0.2, 0.25) is 0 Å². The van der Waals surface area contributed by atoms with Crippen LogP contribution in [0.1, 0.15) is 12.8 Å². The maximum atomic E-state index is 3.45. The number of fused-ring (bicyclic) bond motifs is 1. The van der Waals surface area contributed by atoms with Crippen LogP contribution >= 0.6 is 0 Å². The molecule has 0 amide bonds. The molecular weight excluding hydrogens is 124 g/mol. The Hall–Kier alpha value is -0.0800. The lowest BCUT2D eigenvalue weighted by molar-refractivity contribution is 0.158. The van der Waals surface area contributed by atoms with Gasteiger partial charge in [0.05, 0.1) is 0 Å². The zero-order valence-corrected chi connectivity index (χ0v) is 6.64. The summed E-state index contributed by atoms with van der Waals surface area (Å²) in [6, 6.07) is 0.855. The molecule has 0 aliphatic carbocycles. The number of piperidine rings is 1. The van der Waals surface area contributed by atoms with Gasteiger partial charge in [-0.05, 0) is 38.9 Å². The van der Waals surface area contributed by atoms with Gasteiger partial charge in [-0.3, -0.25) is 0 Å². The lowest BCUT2D eigenvalue weighted by Gasteiger charge is -2.33. The van der Waals surface area contributed by atoms with Gasteiger partial charge in [-0.1, -0.05) is 0 Å². The third kappa shape index (κ3) is 0.956. The zero-order valence-electron chi connectivity index (χ0n) is 6.64. The highest BCUT2D eigenvalue weighted by Crippen LogP contribution is 2.24. The molecule has 2 heteroatoms. The molecule has 1 N–H and O–H groups in total. The fourth-order valence-corrected chi connectivity index (χ4v) is 2.30. The third-order valence-electron chi connectivity index (χ3n) is 2.96. The van der Waals surface area contributed by atoms with Crippen LogP contribution in [0.3, 0.4) is 0 Å². The molecule has 0 aromatic rings. The number of hydrogen-bond donors (Lipinski definition) is 1. The smallest absolute Gasteiger partial charge is 0.0257 e. The van der Waals surface area contributed by atoms with E-state index in [2.05, 4.69) is 17.3 Å². The van der Waals surface area contributed by atoms with Gasteiger partial charge >= 0.3 is 0 Å². The van der Waals surface area contributed by atoms with E-state index in [0.29, 0.717) is 0 Å². The Kier molecular flexibility index (Phi) is 1.66. The number of likely N-dealkylation sites (N-methyl/N-ethyl adjacent to an activating group) is 1. The summed E-state index contributed by atoms with van der Waals surface area (Å²) < 4.78 is 0. The highest BCUT2D eigenvalue weighted by molar-refractivity contribution is 4.90. The van der Waals surface area contributed by atoms with E-state index in [1.54, 1.807) is 0 Å². The molecule has 2 fully saturated rings. The second-order valence-electron chi connectivity index (χ2n) is 3.61. The summed E-state index contributed by atoms with van der Waals surface area (Å²) in [6.07, 6.45) is 2.85. The average Bonchev–Trinajstić information content (AvgIpc) is 2.36. The van der Waals surface area contributed by atoms with Crippen molar-refractivity contribution >= 4 is 0 Å². The van der Waals surface area contributed by atoms with Crippen LogP contribution in [-0.2, 0) is 0 Å². The normalized spacial score (nSPS) is 41.7. The molecule has 2 nitrogen and oxygen atoms in total. The number of rotatable bonds is 0. The molecule has 0 bridgehead atoms. The highest BCUT2D eigenvalue weighted by atomic mass is 15.2. The van der Waals surface area contributed by atoms with Gasteiger partial charge in [0, 0.05) is 12.6 Å². The minimum absolute atomic E-state index is 0.855. The maximum Gasteiger partial charge on any atom is 0.0257 e. The first-order valence-corrected chi connectivity index (χ1v) is 4.29. The fraction of sp³-hybridized carbons (Fsp3) is 1.00. The minimum atomic E-state index is 0.855. The van der Waals surface area contributed by atoms with Crippen molar-refractivity contribution in [3.05, 3.63) is 0 Å². The van der Waals surface area contributed by atoms with Crippen LogP contribution in [0.25, 0.3) is 0 Å². The molecule has 2 aliphatic rings. The fourth-order valence-electron chi connectivity index (χ4n) is 2.30. The topological polar surface area (TPSA) is 15.3 Å². The Morgan fingerprint density at radius 3 is 3.10 bits per heavy atom. The molecule has 0 spiro atoms. The Bertz CT molecular complexity index is 124. The van der Waals surface area contributed by atoms with Crippen molar-refractivity contribution in [1.29, 1.82) is 0 Å². The van der Waals surface area contributed by atoms with Crippen LogP contribution in [-0.4, -0.2) is 37.6 Å². The van der Waals surface area contributed by atoms with Crippen molar-refractivity contribution in [1.82, 2.24) is 10.2 Å². The Morgan fingerprint density at radius 1 is 1.40 bits per heavy atom. The monoisotopic (exact) mass is 140 g/mol. The van der Waals surface area contributed by atoms with Crippen molar-refractivity contribution in [2.24, 2.45) is 5.92 Å². The molecule has 2 atom stereocenters. The Balaban J connectivity index is 2.03. The molecule has 0 aromatic carbocycles. The van der Waals surface area contributed by atoms with Crippen molar-refractivity contribution in [3.63, 3.8) is 0 Å². The number of hydrogen-bond acceptors (Lipinski definition) is 2. The summed E-state index contributed by atoms with van der Waals surface area (Å²) >= 11 is 0. The van der Waals surface area contributed by atoms with Crippen LogP contribution in [0.2, 0.25) is 0 Å². The summed E-state index contributed by atoms with van der Waals surface area (Å²) in [7, 11) is 2.25. The number of likely N-dealkylation sites (tertiary alicyclic amines) is 1. The SMILES string of the molecule is CN1CCCC2CNCC21. The molecule has 58 valence electrons. The van der Waals surface area contributed by atoms with Crippen LogP contribution in [0.4, 0.5) is 0 Å². The van der Waals surface area contributed by atoms with E-state index in [1.807, 2.05) is 0 Å². The summed E-state index contributed by atoms with van der Waals surface area (Å²) in [5, 5.41) is 3.45. The summed E-state index contributed by atoms with van der Waals surface area (Å²) in [5.74, 6) is 0.957. The van der Waals surface area contributed by atoms with E-state index in [-0.39, 0.29) is 0 Å². The molecule has 2 rings (SSSR count). The second kappa shape index (κ2) is 2.51. The molecule has 0 aromatic heterocycles. The molecule has 2 aliphatic heterocycles. The van der Waals surface area contributed by atoms with E-state index in [0.717, 1.165) is 12.0 Å². The van der Waals surface area contributed by atoms with Crippen molar-refractivity contribution in [2.45, 2.75) is 18.9 Å². The lowest BCUT2D eigenvalue weighted by atomic mass is 9.93. The first-order valence-electron chi connectivity index (χ1n) is 4.29. The molecule has 0 saturated carbocycles. The molecule has 0 radical (unpaired) electrons. The van der Waals surface area contributed by atoms with Crippen molar-refractivity contribution < 1.29 is 0 Å². The van der Waals surface area contributed by atoms with Crippen LogP contribution in [0.5, 0.6) is 0 Å². The van der Waals surface area contributed by atoms with Crippen molar-refractivity contribution in [3.8, 4) is 0 Å². The Morgan fingerprint density at radius 2 is 2.30 bits per heavy atom. The van der Waals surface area contributed by atoms with Gasteiger partial charge in [-0.15, -0.1) is 0 Å². The maximum absolute atomic E-state index is 3.45. The molecule has 10 heavy (non-hydrogen) atoms. The first kappa shape index (κ1) is 6.62. The van der Waals surface area contributed by atoms with E-state index >= 15 is 0 Å². The lowest BCUT2D eigenvalue weighted by Crippen LogP contribution is -2.42. The second-order valence-corrected chi connectivity index (χ2v) is 3.61. The largest absolute Gasteiger partial charge is 0.315 e.